The quantitative estimate of drug-likeness (QED) is 0.0799. The van der Waals surface area contributed by atoms with E-state index in [9.17, 15) is 73.1 Å². The first-order chi connectivity index (χ1) is 28.8. The van der Waals surface area contributed by atoms with Gasteiger partial charge in [-0.25, -0.2) is 52.7 Å². The molecule has 0 aliphatic carbocycles. The predicted molar refractivity (Wildman–Crippen MR) is 223 cm³/mol. The van der Waals surface area contributed by atoms with Crippen LogP contribution in [0.15, 0.2) is 0 Å². The average molecular weight is 1050 g/mol. The molecule has 0 aliphatic rings. The summed E-state index contributed by atoms with van der Waals surface area (Å²) in [6.45, 7) is 15.8. The third-order valence-corrected chi connectivity index (χ3v) is 10.3. The van der Waals surface area contributed by atoms with Gasteiger partial charge in [-0.1, -0.05) is 83.1 Å². The number of phenols is 4. The molecule has 0 unspecified atom stereocenters. The van der Waals surface area contributed by atoms with Crippen molar-refractivity contribution in [1.82, 2.24) is 9.80 Å². The van der Waals surface area contributed by atoms with Crippen molar-refractivity contribution in [3.05, 3.63) is 114 Å². The first kappa shape index (κ1) is 61.9. The topological polar surface area (TPSA) is 87.4 Å². The van der Waals surface area contributed by atoms with Crippen LogP contribution >= 0.6 is 0 Å². The smallest absolute Gasteiger partial charge is 0.195 e. The van der Waals surface area contributed by atoms with E-state index in [0.29, 0.717) is 0 Å². The zero-order chi connectivity index (χ0) is 49.8. The van der Waals surface area contributed by atoms with E-state index in [1.807, 2.05) is 0 Å². The molecule has 0 heterocycles. The Balaban J connectivity index is 0.000000641. The molecular formula is C46H54F12KN2O4Y. The number of aromatic hydroxyl groups is 4. The van der Waals surface area contributed by atoms with Crippen LogP contribution in [0, 0.1) is 69.8 Å². The molecule has 0 amide bonds. The molecule has 2 radical (unpaired) electrons. The SMILES string of the molecule is CN(Cc1c(O)c(C(C)(C)C)c(F)c(F)c1F)Cc1c(O)c(C(C)(C)C)c(F)c(F)c1F.CN(Cc1c(O)c(C(C)(C)C)c(F)c(F)c1F)Cc1c(O)c(C(C)(C)C)c(F)c(F)c1F.[K].[Y]. The second kappa shape index (κ2) is 22.3. The number of hydrogen-bond acceptors (Lipinski definition) is 6. The third kappa shape index (κ3) is 12.8. The monoisotopic (exact) mass is 1050 g/mol. The van der Waals surface area contributed by atoms with Crippen molar-refractivity contribution >= 4 is 51.4 Å². The Morgan fingerprint density at radius 2 is 0.439 bits per heavy atom. The molecule has 360 valence electrons. The van der Waals surface area contributed by atoms with Crippen molar-refractivity contribution in [1.29, 1.82) is 0 Å². The van der Waals surface area contributed by atoms with Gasteiger partial charge in [-0.3, -0.25) is 9.80 Å². The summed E-state index contributed by atoms with van der Waals surface area (Å²) in [4.78, 5) is 2.29. The van der Waals surface area contributed by atoms with Crippen LogP contribution in [0.3, 0.4) is 0 Å². The summed E-state index contributed by atoms with van der Waals surface area (Å²) in [7, 11) is 2.60. The molecule has 0 aliphatic heterocycles. The zero-order valence-electron chi connectivity index (χ0n) is 39.6. The molecule has 4 rings (SSSR count). The van der Waals surface area contributed by atoms with E-state index in [1.165, 1.54) is 97.2 Å². The summed E-state index contributed by atoms with van der Waals surface area (Å²) in [5.41, 5.74) is -8.36. The number of rotatable bonds is 8. The molecule has 0 saturated heterocycles. The molecule has 20 heteroatoms. The zero-order valence-corrected chi connectivity index (χ0v) is 45.6. The van der Waals surface area contributed by atoms with Crippen LogP contribution in [0.5, 0.6) is 23.0 Å². The fraction of sp³-hybridized carbons (Fsp3) is 0.478. The van der Waals surface area contributed by atoms with Crippen LogP contribution in [0.4, 0.5) is 52.7 Å². The fourth-order valence-electron chi connectivity index (χ4n) is 7.30. The maximum atomic E-state index is 14.5. The van der Waals surface area contributed by atoms with E-state index in [-0.39, 0.29) is 84.1 Å². The van der Waals surface area contributed by atoms with Gasteiger partial charge in [0.25, 0.3) is 0 Å². The van der Waals surface area contributed by atoms with Crippen LogP contribution in [-0.4, -0.2) is 95.7 Å². The Hall–Kier alpha value is -2.10. The van der Waals surface area contributed by atoms with Crippen LogP contribution in [0.1, 0.15) is 128 Å². The minimum absolute atomic E-state index is 0. The van der Waals surface area contributed by atoms with Gasteiger partial charge in [0.1, 0.15) is 23.0 Å². The molecule has 66 heavy (non-hydrogen) atoms. The van der Waals surface area contributed by atoms with Crippen molar-refractivity contribution < 1.29 is 106 Å². The largest absolute Gasteiger partial charge is 0.507 e. The molecule has 4 N–H and O–H groups in total. The maximum Gasteiger partial charge on any atom is 0.195 e. The minimum Gasteiger partial charge on any atom is -0.507 e. The number of phenolic OH excluding ortho intramolecular Hbond substituents is 4. The maximum absolute atomic E-state index is 14.5. The fourth-order valence-corrected chi connectivity index (χ4v) is 7.30. The Labute approximate surface area is 445 Å². The summed E-state index contributed by atoms with van der Waals surface area (Å²) in [5, 5.41) is 41.8. The molecule has 0 aromatic heterocycles. The molecule has 0 fully saturated rings. The van der Waals surface area contributed by atoms with Crippen molar-refractivity contribution in [2.75, 3.05) is 14.1 Å². The van der Waals surface area contributed by atoms with Gasteiger partial charge < -0.3 is 20.4 Å². The van der Waals surface area contributed by atoms with Crippen molar-refractivity contribution in [3.63, 3.8) is 0 Å². The number of benzene rings is 4. The molecule has 4 aromatic rings. The summed E-state index contributed by atoms with van der Waals surface area (Å²) in [6.07, 6.45) is 0. The van der Waals surface area contributed by atoms with Crippen molar-refractivity contribution in [2.45, 2.75) is 131 Å². The van der Waals surface area contributed by atoms with E-state index in [2.05, 4.69) is 0 Å². The second-order valence-corrected chi connectivity index (χ2v) is 19.9. The van der Waals surface area contributed by atoms with Crippen LogP contribution in [0.2, 0.25) is 0 Å². The predicted octanol–water partition coefficient (Wildman–Crippen LogP) is 11.9. The Bertz CT molecular complexity index is 2130. The van der Waals surface area contributed by atoms with Crippen LogP contribution in [0.25, 0.3) is 0 Å². The van der Waals surface area contributed by atoms with Gasteiger partial charge in [0.05, 0.1) is 0 Å². The molecular weight excluding hydrogens is 1000 g/mol. The van der Waals surface area contributed by atoms with E-state index in [4.69, 9.17) is 0 Å². The molecule has 6 nitrogen and oxygen atoms in total. The summed E-state index contributed by atoms with van der Waals surface area (Å²) in [5.74, 6) is -22.8. The van der Waals surface area contributed by atoms with Gasteiger partial charge >= 0.3 is 0 Å². The van der Waals surface area contributed by atoms with Crippen molar-refractivity contribution in [3.8, 4) is 23.0 Å². The summed E-state index contributed by atoms with van der Waals surface area (Å²) < 4.78 is 172. The third-order valence-electron chi connectivity index (χ3n) is 10.3. The first-order valence-electron chi connectivity index (χ1n) is 19.7. The first-order valence-corrected chi connectivity index (χ1v) is 19.7. The summed E-state index contributed by atoms with van der Waals surface area (Å²) >= 11 is 0. The van der Waals surface area contributed by atoms with E-state index in [1.54, 1.807) is 0 Å². The molecule has 0 atom stereocenters. The Morgan fingerprint density at radius 1 is 0.303 bits per heavy atom. The number of nitrogens with zero attached hydrogens (tertiary/aromatic N) is 2. The van der Waals surface area contributed by atoms with E-state index in [0.717, 1.165) is 9.80 Å². The number of hydrogen-bond donors (Lipinski definition) is 4. The van der Waals surface area contributed by atoms with Gasteiger partial charge in [0.15, 0.2) is 69.8 Å². The van der Waals surface area contributed by atoms with Gasteiger partial charge in [-0.15, -0.1) is 0 Å². The normalized spacial score (nSPS) is 12.3. The summed E-state index contributed by atoms with van der Waals surface area (Å²) in [6, 6.07) is 0. The van der Waals surface area contributed by atoms with E-state index >= 15 is 0 Å². The van der Waals surface area contributed by atoms with Gasteiger partial charge in [0.2, 0.25) is 0 Å². The standard InChI is InChI=1S/2C23H27F6NO2.K.Y/c2*1-22(2,3)12-16(26)18(28)14(24)10(20(12)31)8-30(7)9-11-15(25)19(29)17(27)13(21(11)32)23(4,5)6;;/h2*31-32H,8-9H2,1-7H3;;. The molecule has 0 saturated carbocycles. The van der Waals surface area contributed by atoms with Crippen LogP contribution < -0.4 is 0 Å². The van der Waals surface area contributed by atoms with Gasteiger partial charge in [0, 0.05) is 155 Å². The Morgan fingerprint density at radius 3 is 0.561 bits per heavy atom. The van der Waals surface area contributed by atoms with Gasteiger partial charge in [-0.2, -0.15) is 0 Å². The van der Waals surface area contributed by atoms with Crippen molar-refractivity contribution in [2.24, 2.45) is 0 Å². The second-order valence-electron chi connectivity index (χ2n) is 19.9. The molecule has 0 spiro atoms. The Kier molecular flexibility index (Phi) is 20.9. The van der Waals surface area contributed by atoms with E-state index < -0.39 is 185 Å². The van der Waals surface area contributed by atoms with Crippen LogP contribution in [-0.2, 0) is 80.5 Å². The molecule has 0 bridgehead atoms. The average Bonchev–Trinajstić information content (AvgIpc) is 3.13. The minimum atomic E-state index is -1.77. The van der Waals surface area contributed by atoms with Gasteiger partial charge in [-0.05, 0) is 35.8 Å². The molecule has 4 aromatic carbocycles. The number of halogens is 12.